The molecule has 1 heterocycles. The summed E-state index contributed by atoms with van der Waals surface area (Å²) in [5, 5.41) is 29.1. The highest BCUT2D eigenvalue weighted by molar-refractivity contribution is 5.65. The summed E-state index contributed by atoms with van der Waals surface area (Å²) in [5.74, 6) is 0. The summed E-state index contributed by atoms with van der Waals surface area (Å²) in [6.45, 7) is 0.121. The minimum atomic E-state index is -0.408. The van der Waals surface area contributed by atoms with Crippen LogP contribution in [0.5, 0.6) is 0 Å². The number of benzene rings is 1. The molecule has 0 spiro atoms. The standard InChI is InChI=1S/C12H14N2O4/c15-7-10(8-16)13-5-4-11-9(6-13)2-1-3-12(11)14(17)18/h1-5,10,15-16H,6-8H2. The molecule has 0 saturated heterocycles. The lowest BCUT2D eigenvalue weighted by atomic mass is 10.0. The van der Waals surface area contributed by atoms with Gasteiger partial charge in [0.25, 0.3) is 5.69 Å². The molecule has 0 aromatic heterocycles. The Hall–Kier alpha value is -1.92. The van der Waals surface area contributed by atoms with E-state index in [0.29, 0.717) is 12.1 Å². The van der Waals surface area contributed by atoms with Crippen LogP contribution in [0.1, 0.15) is 11.1 Å². The molecular weight excluding hydrogens is 236 g/mol. The van der Waals surface area contributed by atoms with E-state index in [1.54, 1.807) is 23.2 Å². The number of nitro groups is 1. The molecule has 0 aliphatic carbocycles. The van der Waals surface area contributed by atoms with Crippen molar-refractivity contribution in [1.29, 1.82) is 0 Å². The number of rotatable bonds is 4. The minimum absolute atomic E-state index is 0.0768. The van der Waals surface area contributed by atoms with E-state index in [-0.39, 0.29) is 24.9 Å². The van der Waals surface area contributed by atoms with Gasteiger partial charge in [-0.25, -0.2) is 0 Å². The predicted molar refractivity (Wildman–Crippen MR) is 65.6 cm³/mol. The molecule has 1 aromatic carbocycles. The largest absolute Gasteiger partial charge is 0.394 e. The smallest absolute Gasteiger partial charge is 0.276 e. The van der Waals surface area contributed by atoms with E-state index in [0.717, 1.165) is 5.56 Å². The second-order valence-electron chi connectivity index (χ2n) is 4.11. The molecule has 0 fully saturated rings. The minimum Gasteiger partial charge on any atom is -0.394 e. The number of nitro benzene ring substituents is 1. The molecule has 18 heavy (non-hydrogen) atoms. The second kappa shape index (κ2) is 5.16. The fraction of sp³-hybridized carbons (Fsp3) is 0.333. The van der Waals surface area contributed by atoms with Crippen molar-refractivity contribution in [2.75, 3.05) is 13.2 Å². The van der Waals surface area contributed by atoms with E-state index in [2.05, 4.69) is 0 Å². The first kappa shape index (κ1) is 12.5. The first-order valence-corrected chi connectivity index (χ1v) is 5.59. The Balaban J connectivity index is 2.32. The Morgan fingerprint density at radius 2 is 2.11 bits per heavy atom. The number of hydrogen-bond acceptors (Lipinski definition) is 5. The molecule has 6 heteroatoms. The van der Waals surface area contributed by atoms with Gasteiger partial charge in [0.05, 0.1) is 29.7 Å². The third-order valence-electron chi connectivity index (χ3n) is 3.05. The van der Waals surface area contributed by atoms with Crippen molar-refractivity contribution in [1.82, 2.24) is 4.90 Å². The summed E-state index contributed by atoms with van der Waals surface area (Å²) < 4.78 is 0. The summed E-state index contributed by atoms with van der Waals surface area (Å²) >= 11 is 0. The van der Waals surface area contributed by atoms with Crippen LogP contribution in [-0.4, -0.2) is 39.3 Å². The van der Waals surface area contributed by atoms with Gasteiger partial charge in [-0.05, 0) is 11.6 Å². The maximum atomic E-state index is 10.9. The zero-order valence-corrected chi connectivity index (χ0v) is 9.69. The monoisotopic (exact) mass is 250 g/mol. The molecule has 0 radical (unpaired) electrons. The highest BCUT2D eigenvalue weighted by Crippen LogP contribution is 2.28. The Bertz CT molecular complexity index is 483. The average molecular weight is 250 g/mol. The average Bonchev–Trinajstić information content (AvgIpc) is 2.39. The maximum Gasteiger partial charge on any atom is 0.276 e. The summed E-state index contributed by atoms with van der Waals surface area (Å²) in [4.78, 5) is 12.2. The van der Waals surface area contributed by atoms with Crippen LogP contribution in [0, 0.1) is 10.1 Å². The summed E-state index contributed by atoms with van der Waals surface area (Å²) in [6.07, 6.45) is 3.32. The molecule has 6 nitrogen and oxygen atoms in total. The van der Waals surface area contributed by atoms with Gasteiger partial charge in [0, 0.05) is 18.8 Å². The first-order valence-electron chi connectivity index (χ1n) is 5.59. The van der Waals surface area contributed by atoms with Crippen molar-refractivity contribution in [3.05, 3.63) is 45.6 Å². The van der Waals surface area contributed by atoms with E-state index in [9.17, 15) is 10.1 Å². The number of fused-ring (bicyclic) bond motifs is 1. The normalized spacial score (nSPS) is 13.8. The number of aliphatic hydroxyl groups is 2. The van der Waals surface area contributed by atoms with Crippen molar-refractivity contribution in [3.8, 4) is 0 Å². The van der Waals surface area contributed by atoms with Crippen LogP contribution in [-0.2, 0) is 6.54 Å². The van der Waals surface area contributed by atoms with Crippen LogP contribution < -0.4 is 0 Å². The Labute approximate surface area is 104 Å². The van der Waals surface area contributed by atoms with Gasteiger partial charge >= 0.3 is 0 Å². The Kier molecular flexibility index (Phi) is 3.59. The lowest BCUT2D eigenvalue weighted by molar-refractivity contribution is -0.385. The SMILES string of the molecule is O=[N+]([O-])c1cccc2c1C=CN(C(CO)CO)C2. The third kappa shape index (κ3) is 2.20. The van der Waals surface area contributed by atoms with E-state index in [1.807, 2.05) is 6.07 Å². The van der Waals surface area contributed by atoms with Crippen LogP contribution >= 0.6 is 0 Å². The molecule has 2 rings (SSSR count). The third-order valence-corrected chi connectivity index (χ3v) is 3.05. The van der Waals surface area contributed by atoms with Gasteiger partial charge in [0.2, 0.25) is 0 Å². The number of hydrogen-bond donors (Lipinski definition) is 2. The van der Waals surface area contributed by atoms with Crippen molar-refractivity contribution in [2.45, 2.75) is 12.6 Å². The zero-order chi connectivity index (χ0) is 13.1. The quantitative estimate of drug-likeness (QED) is 0.607. The maximum absolute atomic E-state index is 10.9. The molecular formula is C12H14N2O4. The molecule has 1 aromatic rings. The van der Waals surface area contributed by atoms with Crippen LogP contribution in [0.4, 0.5) is 5.69 Å². The summed E-state index contributed by atoms with van der Waals surface area (Å²) in [7, 11) is 0. The second-order valence-corrected chi connectivity index (χ2v) is 4.11. The van der Waals surface area contributed by atoms with Crippen molar-refractivity contribution < 1.29 is 15.1 Å². The zero-order valence-electron chi connectivity index (χ0n) is 9.69. The van der Waals surface area contributed by atoms with Gasteiger partial charge in [0.1, 0.15) is 0 Å². The first-order chi connectivity index (χ1) is 8.67. The molecule has 96 valence electrons. The van der Waals surface area contributed by atoms with Crippen molar-refractivity contribution in [2.24, 2.45) is 0 Å². The van der Waals surface area contributed by atoms with E-state index < -0.39 is 4.92 Å². The lowest BCUT2D eigenvalue weighted by Crippen LogP contribution is -2.37. The Morgan fingerprint density at radius 3 is 2.72 bits per heavy atom. The molecule has 0 atom stereocenters. The summed E-state index contributed by atoms with van der Waals surface area (Å²) in [5.41, 5.74) is 1.49. The van der Waals surface area contributed by atoms with Gasteiger partial charge in [0.15, 0.2) is 0 Å². The molecule has 0 bridgehead atoms. The topological polar surface area (TPSA) is 86.8 Å². The van der Waals surface area contributed by atoms with E-state index in [1.165, 1.54) is 6.07 Å². The van der Waals surface area contributed by atoms with Gasteiger partial charge in [-0.15, -0.1) is 0 Å². The van der Waals surface area contributed by atoms with Crippen LogP contribution in [0.2, 0.25) is 0 Å². The van der Waals surface area contributed by atoms with Crippen LogP contribution in [0.3, 0.4) is 0 Å². The van der Waals surface area contributed by atoms with E-state index >= 15 is 0 Å². The van der Waals surface area contributed by atoms with Gasteiger partial charge in [-0.3, -0.25) is 10.1 Å². The number of nitrogens with zero attached hydrogens (tertiary/aromatic N) is 2. The van der Waals surface area contributed by atoms with Gasteiger partial charge in [-0.1, -0.05) is 12.1 Å². The van der Waals surface area contributed by atoms with Gasteiger partial charge < -0.3 is 15.1 Å². The van der Waals surface area contributed by atoms with E-state index in [4.69, 9.17) is 10.2 Å². The molecule has 1 aliphatic rings. The van der Waals surface area contributed by atoms with Crippen molar-refractivity contribution in [3.63, 3.8) is 0 Å². The predicted octanol–water partition coefficient (Wildman–Crippen LogP) is 0.734. The van der Waals surface area contributed by atoms with Crippen LogP contribution in [0.15, 0.2) is 24.4 Å². The molecule has 0 unspecified atom stereocenters. The Morgan fingerprint density at radius 1 is 1.39 bits per heavy atom. The van der Waals surface area contributed by atoms with Crippen molar-refractivity contribution >= 4 is 11.8 Å². The lowest BCUT2D eigenvalue weighted by Gasteiger charge is -2.31. The molecule has 1 aliphatic heterocycles. The fourth-order valence-electron chi connectivity index (χ4n) is 2.03. The van der Waals surface area contributed by atoms with Gasteiger partial charge in [-0.2, -0.15) is 0 Å². The number of aliphatic hydroxyl groups excluding tert-OH is 2. The molecule has 2 N–H and O–H groups in total. The fourth-order valence-corrected chi connectivity index (χ4v) is 2.03. The highest BCUT2D eigenvalue weighted by atomic mass is 16.6. The summed E-state index contributed by atoms with van der Waals surface area (Å²) in [6, 6.07) is 4.54. The van der Waals surface area contributed by atoms with Crippen LogP contribution in [0.25, 0.3) is 6.08 Å². The molecule has 0 saturated carbocycles. The molecule has 0 amide bonds. The highest BCUT2D eigenvalue weighted by Gasteiger charge is 2.22.